The largest absolute Gasteiger partial charge is 0.337 e. The molecule has 1 amide bonds. The second kappa shape index (κ2) is 8.63. The van der Waals surface area contributed by atoms with Crippen LogP contribution in [0.2, 0.25) is 10.0 Å². The molecule has 0 saturated heterocycles. The van der Waals surface area contributed by atoms with Gasteiger partial charge in [0.2, 0.25) is 10.0 Å². The van der Waals surface area contributed by atoms with E-state index in [1.165, 1.54) is 17.0 Å². The second-order valence-corrected chi connectivity index (χ2v) is 10.0. The summed E-state index contributed by atoms with van der Waals surface area (Å²) in [7, 11) is -2.16. The van der Waals surface area contributed by atoms with Gasteiger partial charge in [-0.05, 0) is 48.9 Å². The third-order valence-corrected chi connectivity index (χ3v) is 7.41. The van der Waals surface area contributed by atoms with Gasteiger partial charge in [-0.1, -0.05) is 35.3 Å². The zero-order valence-corrected chi connectivity index (χ0v) is 18.6. The highest BCUT2D eigenvalue weighted by Gasteiger charge is 2.30. The van der Waals surface area contributed by atoms with Gasteiger partial charge in [0.25, 0.3) is 5.91 Å². The zero-order chi connectivity index (χ0) is 20.5. The molecule has 1 aliphatic carbocycles. The summed E-state index contributed by atoms with van der Waals surface area (Å²) in [6, 6.07) is 10.4. The molecule has 1 saturated carbocycles. The maximum absolute atomic E-state index is 12.9. The summed E-state index contributed by atoms with van der Waals surface area (Å²) in [6.07, 6.45) is 3.60. The SMILES string of the molecule is CSc1ccc(CN(C)C(=O)c2cc(S(=O)(=O)NC3CC3)c(Cl)cc2Cl)cc1. The van der Waals surface area contributed by atoms with Crippen molar-refractivity contribution in [2.75, 3.05) is 13.3 Å². The minimum Gasteiger partial charge on any atom is -0.337 e. The number of hydrogen-bond donors (Lipinski definition) is 1. The number of rotatable bonds is 7. The Balaban J connectivity index is 1.84. The molecule has 2 aromatic rings. The van der Waals surface area contributed by atoms with Gasteiger partial charge in [0.1, 0.15) is 4.90 Å². The van der Waals surface area contributed by atoms with Crippen LogP contribution in [0.15, 0.2) is 46.2 Å². The molecule has 28 heavy (non-hydrogen) atoms. The number of benzene rings is 2. The molecule has 0 aromatic heterocycles. The lowest BCUT2D eigenvalue weighted by atomic mass is 10.1. The van der Waals surface area contributed by atoms with Crippen molar-refractivity contribution in [3.63, 3.8) is 0 Å². The molecule has 5 nitrogen and oxygen atoms in total. The van der Waals surface area contributed by atoms with Crippen LogP contribution in [-0.2, 0) is 16.6 Å². The fraction of sp³-hybridized carbons (Fsp3) is 0.316. The van der Waals surface area contributed by atoms with E-state index in [1.807, 2.05) is 30.5 Å². The number of thioether (sulfide) groups is 1. The summed E-state index contributed by atoms with van der Waals surface area (Å²) in [5.74, 6) is -0.376. The predicted molar refractivity (Wildman–Crippen MR) is 114 cm³/mol. The van der Waals surface area contributed by atoms with Gasteiger partial charge >= 0.3 is 0 Å². The van der Waals surface area contributed by atoms with Crippen LogP contribution in [0.3, 0.4) is 0 Å². The molecule has 9 heteroatoms. The van der Waals surface area contributed by atoms with E-state index in [2.05, 4.69) is 4.72 Å². The first-order valence-corrected chi connectivity index (χ1v) is 12.1. The molecule has 3 rings (SSSR count). The molecule has 1 aliphatic rings. The van der Waals surface area contributed by atoms with Gasteiger partial charge in [-0.15, -0.1) is 11.8 Å². The minimum absolute atomic E-state index is 0.00925. The van der Waals surface area contributed by atoms with Gasteiger partial charge < -0.3 is 4.90 Å². The number of halogens is 2. The number of carbonyl (C=O) groups is 1. The Morgan fingerprint density at radius 1 is 1.18 bits per heavy atom. The fourth-order valence-corrected chi connectivity index (χ4v) is 5.23. The van der Waals surface area contributed by atoms with Crippen LogP contribution in [0, 0.1) is 0 Å². The maximum atomic E-state index is 12.9. The summed E-state index contributed by atoms with van der Waals surface area (Å²) in [5.41, 5.74) is 1.06. The van der Waals surface area contributed by atoms with E-state index in [0.717, 1.165) is 23.3 Å². The average molecular weight is 459 g/mol. The van der Waals surface area contributed by atoms with Gasteiger partial charge in [0.15, 0.2) is 0 Å². The van der Waals surface area contributed by atoms with Gasteiger partial charge in [-0.3, -0.25) is 4.79 Å². The van der Waals surface area contributed by atoms with Gasteiger partial charge in [0.05, 0.1) is 15.6 Å². The van der Waals surface area contributed by atoms with Crippen molar-refractivity contribution in [2.45, 2.75) is 35.2 Å². The third kappa shape index (κ3) is 5.02. The van der Waals surface area contributed by atoms with E-state index >= 15 is 0 Å². The molecule has 150 valence electrons. The van der Waals surface area contributed by atoms with Crippen molar-refractivity contribution >= 4 is 50.9 Å². The Bertz CT molecular complexity index is 991. The normalized spacial score (nSPS) is 14.1. The first-order chi connectivity index (χ1) is 13.2. The number of nitrogens with zero attached hydrogens (tertiary/aromatic N) is 1. The Morgan fingerprint density at radius 2 is 1.82 bits per heavy atom. The maximum Gasteiger partial charge on any atom is 0.255 e. The molecular weight excluding hydrogens is 439 g/mol. The van der Waals surface area contributed by atoms with Crippen LogP contribution in [0.5, 0.6) is 0 Å². The molecular formula is C19H20Cl2N2O3S2. The van der Waals surface area contributed by atoms with Gasteiger partial charge in [-0.2, -0.15) is 0 Å². The Hall–Kier alpha value is -1.25. The molecule has 1 fully saturated rings. The van der Waals surface area contributed by atoms with Crippen LogP contribution in [0.1, 0.15) is 28.8 Å². The summed E-state index contributed by atoms with van der Waals surface area (Å²) < 4.78 is 27.7. The van der Waals surface area contributed by atoms with Crippen LogP contribution >= 0.6 is 35.0 Å². The van der Waals surface area contributed by atoms with Gasteiger partial charge in [-0.25, -0.2) is 13.1 Å². The average Bonchev–Trinajstić information content (AvgIpc) is 3.45. The molecule has 1 N–H and O–H groups in total. The van der Waals surface area contributed by atoms with Crippen molar-refractivity contribution in [3.8, 4) is 0 Å². The summed E-state index contributed by atoms with van der Waals surface area (Å²) in [5, 5.41) is 0.106. The van der Waals surface area contributed by atoms with E-state index in [-0.39, 0.29) is 32.5 Å². The summed E-state index contributed by atoms with van der Waals surface area (Å²) >= 11 is 13.9. The predicted octanol–water partition coefficient (Wildman–Crippen LogP) is 4.43. The lowest BCUT2D eigenvalue weighted by molar-refractivity contribution is 0.0785. The van der Waals surface area contributed by atoms with Crippen LogP contribution < -0.4 is 4.72 Å². The fourth-order valence-electron chi connectivity index (χ4n) is 2.67. The van der Waals surface area contributed by atoms with Crippen molar-refractivity contribution in [3.05, 3.63) is 57.6 Å². The summed E-state index contributed by atoms with van der Waals surface area (Å²) in [6.45, 7) is 0.370. The lowest BCUT2D eigenvalue weighted by Crippen LogP contribution is -2.28. The topological polar surface area (TPSA) is 66.5 Å². The number of carbonyl (C=O) groups excluding carboxylic acids is 1. The standard InChI is InChI=1S/C19H20Cl2N2O3S2/c1-23(11-12-3-7-14(27-2)8-4-12)19(24)15-9-18(17(21)10-16(15)20)28(25,26)22-13-5-6-13/h3-4,7-10,13,22H,5-6,11H2,1-2H3. The van der Waals surface area contributed by atoms with Crippen LogP contribution in [0.25, 0.3) is 0 Å². The van der Waals surface area contributed by atoms with Crippen molar-refractivity contribution in [1.82, 2.24) is 9.62 Å². The van der Waals surface area contributed by atoms with Crippen LogP contribution in [0.4, 0.5) is 0 Å². The van der Waals surface area contributed by atoms with E-state index < -0.39 is 10.0 Å². The van der Waals surface area contributed by atoms with E-state index in [0.29, 0.717) is 6.54 Å². The van der Waals surface area contributed by atoms with Crippen molar-refractivity contribution < 1.29 is 13.2 Å². The lowest BCUT2D eigenvalue weighted by Gasteiger charge is -2.19. The Morgan fingerprint density at radius 3 is 2.39 bits per heavy atom. The van der Waals surface area contributed by atoms with Crippen molar-refractivity contribution in [2.24, 2.45) is 0 Å². The molecule has 0 aliphatic heterocycles. The van der Waals surface area contributed by atoms with Crippen LogP contribution in [-0.4, -0.2) is 38.6 Å². The summed E-state index contributed by atoms with van der Waals surface area (Å²) in [4.78, 5) is 15.4. The second-order valence-electron chi connectivity index (χ2n) is 6.67. The quantitative estimate of drug-likeness (QED) is 0.623. The molecule has 0 unspecified atom stereocenters. The smallest absolute Gasteiger partial charge is 0.255 e. The number of hydrogen-bond acceptors (Lipinski definition) is 4. The molecule has 0 radical (unpaired) electrons. The zero-order valence-electron chi connectivity index (χ0n) is 15.4. The molecule has 0 heterocycles. The minimum atomic E-state index is -3.81. The van der Waals surface area contributed by atoms with E-state index in [9.17, 15) is 13.2 Å². The molecule has 0 bridgehead atoms. The molecule has 0 atom stereocenters. The Kier molecular flexibility index (Phi) is 6.61. The monoisotopic (exact) mass is 458 g/mol. The number of nitrogens with one attached hydrogen (secondary N) is 1. The number of sulfonamides is 1. The Labute approximate surface area is 179 Å². The van der Waals surface area contributed by atoms with Gasteiger partial charge in [0, 0.05) is 24.5 Å². The first-order valence-electron chi connectivity index (χ1n) is 8.61. The molecule has 2 aromatic carbocycles. The van der Waals surface area contributed by atoms with E-state index in [4.69, 9.17) is 23.2 Å². The first kappa shape index (κ1) is 21.5. The highest BCUT2D eigenvalue weighted by molar-refractivity contribution is 7.98. The highest BCUT2D eigenvalue weighted by Crippen LogP contribution is 2.31. The van der Waals surface area contributed by atoms with E-state index in [1.54, 1.807) is 18.8 Å². The number of amides is 1. The third-order valence-electron chi connectivity index (χ3n) is 4.37. The van der Waals surface area contributed by atoms with Crippen molar-refractivity contribution in [1.29, 1.82) is 0 Å². The molecule has 0 spiro atoms. The highest BCUT2D eigenvalue weighted by atomic mass is 35.5.